The van der Waals surface area contributed by atoms with Gasteiger partial charge in [-0.1, -0.05) is 0 Å². The van der Waals surface area contributed by atoms with Crippen LogP contribution in [0.25, 0.3) is 0 Å². The molecule has 0 radical (unpaired) electrons. The lowest BCUT2D eigenvalue weighted by molar-refractivity contribution is -0.115. The number of anilines is 1. The monoisotopic (exact) mass is 272 g/mol. The van der Waals surface area contributed by atoms with Crippen LogP contribution in [-0.4, -0.2) is 33.7 Å². The second kappa shape index (κ2) is 6.36. The number of carbonyl (C=O) groups is 1. The Balaban J connectivity index is 2.49. The van der Waals surface area contributed by atoms with Gasteiger partial charge in [0.2, 0.25) is 15.9 Å². The van der Waals surface area contributed by atoms with E-state index in [2.05, 4.69) is 10.0 Å². The topological polar surface area (TPSA) is 84.5 Å². The van der Waals surface area contributed by atoms with Crippen molar-refractivity contribution in [2.45, 2.75) is 6.92 Å². The van der Waals surface area contributed by atoms with E-state index in [1.807, 2.05) is 0 Å². The molecule has 0 saturated heterocycles. The molecule has 2 N–H and O–H groups in total. The third-order valence-electron chi connectivity index (χ3n) is 2.21. The molecule has 0 atom stereocenters. The molecule has 0 saturated carbocycles. The van der Waals surface area contributed by atoms with Crippen LogP contribution in [0.4, 0.5) is 5.69 Å². The van der Waals surface area contributed by atoms with Gasteiger partial charge in [0.1, 0.15) is 5.75 Å². The van der Waals surface area contributed by atoms with Crippen molar-refractivity contribution in [1.29, 1.82) is 0 Å². The highest BCUT2D eigenvalue weighted by atomic mass is 32.2. The molecule has 0 aliphatic carbocycles. The van der Waals surface area contributed by atoms with Crippen LogP contribution < -0.4 is 14.8 Å². The Morgan fingerprint density at radius 2 is 1.89 bits per heavy atom. The van der Waals surface area contributed by atoms with Gasteiger partial charge in [-0.05, 0) is 31.2 Å². The molecule has 100 valence electrons. The largest absolute Gasteiger partial charge is 0.497 e. The van der Waals surface area contributed by atoms with E-state index in [1.54, 1.807) is 31.4 Å². The number of amides is 1. The molecular formula is C11H16N2O4S. The number of hydrogen-bond donors (Lipinski definition) is 2. The van der Waals surface area contributed by atoms with Crippen molar-refractivity contribution in [3.05, 3.63) is 24.3 Å². The maximum absolute atomic E-state index is 11.5. The highest BCUT2D eigenvalue weighted by molar-refractivity contribution is 7.89. The molecule has 6 nitrogen and oxygen atoms in total. The van der Waals surface area contributed by atoms with E-state index in [4.69, 9.17) is 4.74 Å². The minimum absolute atomic E-state index is 0.0528. The third-order valence-corrected chi connectivity index (χ3v) is 3.55. The fourth-order valence-electron chi connectivity index (χ4n) is 1.16. The van der Waals surface area contributed by atoms with E-state index in [1.165, 1.54) is 6.92 Å². The number of benzene rings is 1. The van der Waals surface area contributed by atoms with E-state index < -0.39 is 15.9 Å². The van der Waals surface area contributed by atoms with Crippen LogP contribution in [0, 0.1) is 0 Å². The van der Waals surface area contributed by atoms with Crippen molar-refractivity contribution >= 4 is 21.6 Å². The van der Waals surface area contributed by atoms with Gasteiger partial charge < -0.3 is 10.1 Å². The lowest BCUT2D eigenvalue weighted by Gasteiger charge is -2.07. The van der Waals surface area contributed by atoms with E-state index >= 15 is 0 Å². The van der Waals surface area contributed by atoms with Crippen molar-refractivity contribution in [1.82, 2.24) is 4.72 Å². The SMILES string of the molecule is CCS(=O)(=O)NCC(=O)Nc1ccc(OC)cc1. The van der Waals surface area contributed by atoms with Crippen molar-refractivity contribution in [3.63, 3.8) is 0 Å². The van der Waals surface area contributed by atoms with Gasteiger partial charge in [-0.25, -0.2) is 13.1 Å². The number of nitrogens with one attached hydrogen (secondary N) is 2. The lowest BCUT2D eigenvalue weighted by atomic mass is 10.3. The molecule has 0 aliphatic heterocycles. The summed E-state index contributed by atoms with van der Waals surface area (Å²) < 4.78 is 29.4. The summed E-state index contributed by atoms with van der Waals surface area (Å²) in [6, 6.07) is 6.74. The maximum atomic E-state index is 11.5. The number of methoxy groups -OCH3 is 1. The van der Waals surface area contributed by atoms with Crippen LogP contribution >= 0.6 is 0 Å². The minimum atomic E-state index is -3.35. The molecule has 18 heavy (non-hydrogen) atoms. The number of ether oxygens (including phenoxy) is 1. The summed E-state index contributed by atoms with van der Waals surface area (Å²) in [5.74, 6) is 0.208. The Bertz CT molecular complexity index is 496. The zero-order valence-corrected chi connectivity index (χ0v) is 11.1. The van der Waals surface area contributed by atoms with Crippen LogP contribution in [0.5, 0.6) is 5.75 Å². The second-order valence-electron chi connectivity index (χ2n) is 3.50. The first-order valence-corrected chi connectivity index (χ1v) is 7.03. The molecular weight excluding hydrogens is 256 g/mol. The van der Waals surface area contributed by atoms with Crippen LogP contribution in [0.15, 0.2) is 24.3 Å². The summed E-state index contributed by atoms with van der Waals surface area (Å²) in [4.78, 5) is 11.5. The number of rotatable bonds is 6. The van der Waals surface area contributed by atoms with Gasteiger partial charge in [-0.3, -0.25) is 4.79 Å². The molecule has 0 bridgehead atoms. The molecule has 0 aliphatic rings. The first-order chi connectivity index (χ1) is 8.46. The second-order valence-corrected chi connectivity index (χ2v) is 5.60. The molecule has 1 amide bonds. The van der Waals surface area contributed by atoms with E-state index in [0.29, 0.717) is 11.4 Å². The van der Waals surface area contributed by atoms with Crippen LogP contribution in [0.3, 0.4) is 0 Å². The summed E-state index contributed by atoms with van der Waals surface area (Å²) in [5, 5.41) is 2.57. The van der Waals surface area contributed by atoms with Crippen molar-refractivity contribution in [3.8, 4) is 5.75 Å². The zero-order chi connectivity index (χ0) is 13.6. The van der Waals surface area contributed by atoms with Crippen LogP contribution in [0.2, 0.25) is 0 Å². The molecule has 1 aromatic rings. The lowest BCUT2D eigenvalue weighted by Crippen LogP contribution is -2.33. The van der Waals surface area contributed by atoms with Gasteiger partial charge in [0.05, 0.1) is 19.4 Å². The van der Waals surface area contributed by atoms with E-state index in [0.717, 1.165) is 0 Å². The number of carbonyl (C=O) groups excluding carboxylic acids is 1. The van der Waals surface area contributed by atoms with Gasteiger partial charge in [-0.2, -0.15) is 0 Å². The fourth-order valence-corrected chi connectivity index (χ4v) is 1.71. The first-order valence-electron chi connectivity index (χ1n) is 5.38. The Morgan fingerprint density at radius 3 is 2.39 bits per heavy atom. The summed E-state index contributed by atoms with van der Waals surface area (Å²) in [7, 11) is -1.80. The average molecular weight is 272 g/mol. The van der Waals surface area contributed by atoms with Crippen LogP contribution in [-0.2, 0) is 14.8 Å². The molecule has 1 aromatic carbocycles. The quantitative estimate of drug-likeness (QED) is 0.793. The van der Waals surface area contributed by atoms with E-state index in [-0.39, 0.29) is 12.3 Å². The number of sulfonamides is 1. The molecule has 0 unspecified atom stereocenters. The summed E-state index contributed by atoms with van der Waals surface area (Å²) >= 11 is 0. The first kappa shape index (κ1) is 14.5. The average Bonchev–Trinajstić information content (AvgIpc) is 2.37. The van der Waals surface area contributed by atoms with Crippen molar-refractivity contribution in [2.24, 2.45) is 0 Å². The third kappa shape index (κ3) is 4.72. The van der Waals surface area contributed by atoms with Gasteiger partial charge in [0, 0.05) is 5.69 Å². The standard InChI is InChI=1S/C11H16N2O4S/c1-3-18(15,16)12-8-11(14)13-9-4-6-10(17-2)7-5-9/h4-7,12H,3,8H2,1-2H3,(H,13,14). The Morgan fingerprint density at radius 1 is 1.28 bits per heavy atom. The van der Waals surface area contributed by atoms with Gasteiger partial charge >= 0.3 is 0 Å². The van der Waals surface area contributed by atoms with Crippen molar-refractivity contribution in [2.75, 3.05) is 24.7 Å². The summed E-state index contributed by atoms with van der Waals surface area (Å²) in [5.41, 5.74) is 0.580. The fraction of sp³-hybridized carbons (Fsp3) is 0.364. The zero-order valence-electron chi connectivity index (χ0n) is 10.3. The van der Waals surface area contributed by atoms with Gasteiger partial charge in [-0.15, -0.1) is 0 Å². The van der Waals surface area contributed by atoms with E-state index in [9.17, 15) is 13.2 Å². The molecule has 0 heterocycles. The molecule has 7 heteroatoms. The highest BCUT2D eigenvalue weighted by Crippen LogP contribution is 2.14. The van der Waals surface area contributed by atoms with Crippen LogP contribution in [0.1, 0.15) is 6.92 Å². The molecule has 0 spiro atoms. The Kier molecular flexibility index (Phi) is 5.11. The molecule has 0 fully saturated rings. The minimum Gasteiger partial charge on any atom is -0.497 e. The predicted octanol–water partition coefficient (Wildman–Crippen LogP) is 0.573. The van der Waals surface area contributed by atoms with Crippen molar-refractivity contribution < 1.29 is 17.9 Å². The summed E-state index contributed by atoms with van der Waals surface area (Å²) in [6.07, 6.45) is 0. The predicted molar refractivity (Wildman–Crippen MR) is 69.1 cm³/mol. The maximum Gasteiger partial charge on any atom is 0.239 e. The number of hydrogen-bond acceptors (Lipinski definition) is 4. The normalized spacial score (nSPS) is 11.0. The highest BCUT2D eigenvalue weighted by Gasteiger charge is 2.09. The molecule has 0 aromatic heterocycles. The van der Waals surface area contributed by atoms with Gasteiger partial charge in [0.15, 0.2) is 0 Å². The Labute approximate surface area is 106 Å². The molecule has 1 rings (SSSR count). The summed E-state index contributed by atoms with van der Waals surface area (Å²) in [6.45, 7) is 1.23. The smallest absolute Gasteiger partial charge is 0.239 e. The Hall–Kier alpha value is -1.60. The van der Waals surface area contributed by atoms with Gasteiger partial charge in [0.25, 0.3) is 0 Å².